The highest BCUT2D eigenvalue weighted by molar-refractivity contribution is 7.10. The van der Waals surface area contributed by atoms with Gasteiger partial charge in [-0.3, -0.25) is 9.59 Å². The summed E-state index contributed by atoms with van der Waals surface area (Å²) < 4.78 is 5.28. The van der Waals surface area contributed by atoms with E-state index in [1.165, 1.54) is 11.3 Å². The van der Waals surface area contributed by atoms with Gasteiger partial charge in [-0.2, -0.15) is 0 Å². The first-order chi connectivity index (χ1) is 10.2. The number of carbonyl (C=O) groups is 2. The van der Waals surface area contributed by atoms with Gasteiger partial charge in [0, 0.05) is 30.6 Å². The van der Waals surface area contributed by atoms with Crippen LogP contribution in [0.25, 0.3) is 0 Å². The monoisotopic (exact) mass is 325 g/mol. The Labute approximate surface area is 134 Å². The Bertz CT molecular complexity index is 557. The maximum atomic E-state index is 12.2. The molecule has 1 aliphatic rings. The fraction of sp³-hybridized carbons (Fsp3) is 0.667. The molecule has 1 fully saturated rings. The Morgan fingerprint density at radius 1 is 1.41 bits per heavy atom. The molecule has 0 aliphatic carbocycles. The molecule has 0 bridgehead atoms. The summed E-state index contributed by atoms with van der Waals surface area (Å²) in [6, 6.07) is 0. The van der Waals surface area contributed by atoms with Crippen molar-refractivity contribution < 1.29 is 14.3 Å². The fourth-order valence-corrected chi connectivity index (χ4v) is 3.22. The topological polar surface area (TPSA) is 94.3 Å². The van der Waals surface area contributed by atoms with Crippen molar-refractivity contribution in [2.75, 3.05) is 19.8 Å². The number of nitrogens with zero attached hydrogens (tertiary/aromatic N) is 1. The molecule has 1 saturated heterocycles. The second-order valence-corrected chi connectivity index (χ2v) is 7.59. The molecule has 7 heteroatoms. The number of nitrogens with one attached hydrogen (secondary N) is 1. The van der Waals surface area contributed by atoms with Gasteiger partial charge < -0.3 is 15.8 Å². The first kappa shape index (κ1) is 16.9. The van der Waals surface area contributed by atoms with Crippen LogP contribution < -0.4 is 11.1 Å². The Hall–Kier alpha value is -1.47. The van der Waals surface area contributed by atoms with Crippen molar-refractivity contribution in [1.29, 1.82) is 0 Å². The van der Waals surface area contributed by atoms with Crippen LogP contribution in [-0.4, -0.2) is 36.6 Å². The minimum absolute atomic E-state index is 0.0850. The van der Waals surface area contributed by atoms with Crippen LogP contribution in [0, 0.1) is 5.41 Å². The normalized spacial score (nSPS) is 18.0. The molecule has 2 rings (SSSR count). The third-order valence-corrected chi connectivity index (χ3v) is 5.21. The number of rotatable bonds is 4. The minimum Gasteiger partial charge on any atom is -0.381 e. The summed E-state index contributed by atoms with van der Waals surface area (Å²) in [4.78, 5) is 28.4. The molecule has 0 radical (unpaired) electrons. The van der Waals surface area contributed by atoms with E-state index in [1.807, 2.05) is 0 Å². The van der Waals surface area contributed by atoms with E-state index in [4.69, 9.17) is 10.5 Å². The summed E-state index contributed by atoms with van der Waals surface area (Å²) in [5.41, 5.74) is 5.12. The van der Waals surface area contributed by atoms with E-state index in [1.54, 1.807) is 5.38 Å². The molecule has 0 spiro atoms. The molecular formula is C15H23N3O3S. The number of hydrogen-bond donors (Lipinski definition) is 2. The predicted octanol–water partition coefficient (Wildman–Crippen LogP) is 1.45. The standard InChI is InChI=1S/C15H23N3O3S/c1-14(2,3)13-18-10(8-22-13)11(19)17-9-15(12(16)20)4-6-21-7-5-15/h8H,4-7,9H2,1-3H3,(H2,16,20)(H,17,19). The second-order valence-electron chi connectivity index (χ2n) is 6.73. The molecule has 1 aromatic heterocycles. The molecule has 2 heterocycles. The van der Waals surface area contributed by atoms with Crippen molar-refractivity contribution in [3.05, 3.63) is 16.1 Å². The number of thiazole rings is 1. The highest BCUT2D eigenvalue weighted by Gasteiger charge is 2.38. The first-order valence-corrected chi connectivity index (χ1v) is 8.24. The zero-order chi connectivity index (χ0) is 16.4. The number of ether oxygens (including phenoxy) is 1. The van der Waals surface area contributed by atoms with Gasteiger partial charge in [0.2, 0.25) is 5.91 Å². The van der Waals surface area contributed by atoms with Crippen LogP contribution in [0.15, 0.2) is 5.38 Å². The van der Waals surface area contributed by atoms with E-state index in [9.17, 15) is 9.59 Å². The van der Waals surface area contributed by atoms with Crippen molar-refractivity contribution in [3.8, 4) is 0 Å². The molecule has 1 aromatic rings. The summed E-state index contributed by atoms with van der Waals surface area (Å²) in [5, 5.41) is 5.46. The van der Waals surface area contributed by atoms with Crippen molar-refractivity contribution in [2.45, 2.75) is 39.0 Å². The van der Waals surface area contributed by atoms with Crippen LogP contribution >= 0.6 is 11.3 Å². The van der Waals surface area contributed by atoms with Gasteiger partial charge in [-0.05, 0) is 12.8 Å². The summed E-state index contributed by atoms with van der Waals surface area (Å²) in [6.07, 6.45) is 1.07. The molecule has 0 saturated carbocycles. The summed E-state index contributed by atoms with van der Waals surface area (Å²) >= 11 is 1.47. The predicted molar refractivity (Wildman–Crippen MR) is 84.8 cm³/mol. The highest BCUT2D eigenvalue weighted by atomic mass is 32.1. The molecule has 6 nitrogen and oxygen atoms in total. The summed E-state index contributed by atoms with van der Waals surface area (Å²) in [7, 11) is 0. The lowest BCUT2D eigenvalue weighted by molar-refractivity contribution is -0.132. The molecular weight excluding hydrogens is 302 g/mol. The molecule has 0 atom stereocenters. The average Bonchev–Trinajstić information content (AvgIpc) is 2.95. The van der Waals surface area contributed by atoms with Gasteiger partial charge >= 0.3 is 0 Å². The summed E-state index contributed by atoms with van der Waals surface area (Å²) in [5.74, 6) is -0.649. The van der Waals surface area contributed by atoms with E-state index < -0.39 is 5.41 Å². The smallest absolute Gasteiger partial charge is 0.270 e. The quantitative estimate of drug-likeness (QED) is 0.876. The molecule has 1 aliphatic heterocycles. The number of carbonyl (C=O) groups excluding carboxylic acids is 2. The maximum Gasteiger partial charge on any atom is 0.270 e. The average molecular weight is 325 g/mol. The molecule has 22 heavy (non-hydrogen) atoms. The van der Waals surface area contributed by atoms with Gasteiger partial charge in [0.1, 0.15) is 5.69 Å². The lowest BCUT2D eigenvalue weighted by Gasteiger charge is -2.34. The van der Waals surface area contributed by atoms with Crippen LogP contribution in [-0.2, 0) is 14.9 Å². The molecule has 0 unspecified atom stereocenters. The summed E-state index contributed by atoms with van der Waals surface area (Å²) in [6.45, 7) is 7.37. The van der Waals surface area contributed by atoms with E-state index in [2.05, 4.69) is 31.1 Å². The molecule has 0 aromatic carbocycles. The van der Waals surface area contributed by atoms with E-state index >= 15 is 0 Å². The van der Waals surface area contributed by atoms with Gasteiger partial charge in [-0.1, -0.05) is 20.8 Å². The minimum atomic E-state index is -0.712. The first-order valence-electron chi connectivity index (χ1n) is 7.36. The number of amides is 2. The van der Waals surface area contributed by atoms with Crippen molar-refractivity contribution in [3.63, 3.8) is 0 Å². The lowest BCUT2D eigenvalue weighted by Crippen LogP contribution is -2.49. The Morgan fingerprint density at radius 3 is 2.55 bits per heavy atom. The number of primary amides is 1. The zero-order valence-corrected chi connectivity index (χ0v) is 14.1. The SMILES string of the molecule is CC(C)(C)c1nc(C(=O)NCC2(C(N)=O)CCOCC2)cs1. The molecule has 3 N–H and O–H groups in total. The second kappa shape index (κ2) is 6.34. The van der Waals surface area contributed by atoms with E-state index in [0.717, 1.165) is 5.01 Å². The van der Waals surface area contributed by atoms with Crippen LogP contribution in [0.5, 0.6) is 0 Å². The number of hydrogen-bond acceptors (Lipinski definition) is 5. The Balaban J connectivity index is 2.02. The fourth-order valence-electron chi connectivity index (χ4n) is 2.33. The van der Waals surface area contributed by atoms with Crippen molar-refractivity contribution in [2.24, 2.45) is 11.1 Å². The van der Waals surface area contributed by atoms with Crippen LogP contribution in [0.2, 0.25) is 0 Å². The highest BCUT2D eigenvalue weighted by Crippen LogP contribution is 2.30. The third-order valence-electron chi connectivity index (χ3n) is 3.94. The van der Waals surface area contributed by atoms with E-state index in [0.29, 0.717) is 31.7 Å². The van der Waals surface area contributed by atoms with Crippen molar-refractivity contribution >= 4 is 23.2 Å². The van der Waals surface area contributed by atoms with Crippen LogP contribution in [0.3, 0.4) is 0 Å². The lowest BCUT2D eigenvalue weighted by atomic mass is 9.79. The zero-order valence-electron chi connectivity index (χ0n) is 13.3. The van der Waals surface area contributed by atoms with Crippen molar-refractivity contribution in [1.82, 2.24) is 10.3 Å². The molecule has 2 amide bonds. The van der Waals surface area contributed by atoms with Crippen LogP contribution in [0.4, 0.5) is 0 Å². The van der Waals surface area contributed by atoms with Crippen LogP contribution in [0.1, 0.15) is 49.1 Å². The number of aromatic nitrogens is 1. The largest absolute Gasteiger partial charge is 0.381 e. The Kier molecular flexibility index (Phi) is 4.87. The maximum absolute atomic E-state index is 12.2. The number of nitrogens with two attached hydrogens (primary N) is 1. The Morgan fingerprint density at radius 2 is 2.05 bits per heavy atom. The van der Waals surface area contributed by atoms with Gasteiger partial charge in [0.15, 0.2) is 0 Å². The van der Waals surface area contributed by atoms with Gasteiger partial charge in [0.05, 0.1) is 10.4 Å². The van der Waals surface area contributed by atoms with Gasteiger partial charge in [-0.15, -0.1) is 11.3 Å². The third kappa shape index (κ3) is 3.64. The van der Waals surface area contributed by atoms with Gasteiger partial charge in [-0.25, -0.2) is 4.98 Å². The molecule has 122 valence electrons. The van der Waals surface area contributed by atoms with Gasteiger partial charge in [0.25, 0.3) is 5.91 Å². The van der Waals surface area contributed by atoms with E-state index in [-0.39, 0.29) is 23.8 Å².